The zero-order chi connectivity index (χ0) is 17.1. The van der Waals surface area contributed by atoms with E-state index in [1.165, 1.54) is 23.5 Å². The largest absolute Gasteiger partial charge is 0.375 e. The fourth-order valence-electron chi connectivity index (χ4n) is 3.02. The van der Waals surface area contributed by atoms with Crippen LogP contribution < -0.4 is 5.32 Å². The summed E-state index contributed by atoms with van der Waals surface area (Å²) in [6, 6.07) is 4.91. The highest BCUT2D eigenvalue weighted by Gasteiger charge is 2.49. The third-order valence-electron chi connectivity index (χ3n) is 4.49. The Kier molecular flexibility index (Phi) is 3.73. The molecule has 2 N–H and O–H groups in total. The summed E-state index contributed by atoms with van der Waals surface area (Å²) in [5.41, 5.74) is -0.394. The van der Waals surface area contributed by atoms with Gasteiger partial charge in [0.25, 0.3) is 5.91 Å². The summed E-state index contributed by atoms with van der Waals surface area (Å²) in [5, 5.41) is 15.9. The molecule has 2 aliphatic rings. The average molecular weight is 382 g/mol. The van der Waals surface area contributed by atoms with Crippen molar-refractivity contribution in [1.82, 2.24) is 0 Å². The number of carbonyl (C=O) groups is 2. The number of halogens is 2. The van der Waals surface area contributed by atoms with Crippen molar-refractivity contribution >= 4 is 51.9 Å². The molecule has 24 heavy (non-hydrogen) atoms. The fraction of sp³-hybridized carbons (Fsp3) is 0.294. The zero-order valence-corrected chi connectivity index (χ0v) is 14.8. The Morgan fingerprint density at radius 1 is 1.33 bits per heavy atom. The number of benzene rings is 1. The maximum absolute atomic E-state index is 12.6. The molecular weight excluding hydrogens is 369 g/mol. The lowest BCUT2D eigenvalue weighted by atomic mass is 9.89. The summed E-state index contributed by atoms with van der Waals surface area (Å²) in [6.45, 7) is 0. The molecule has 4 rings (SSSR count). The smallest absolute Gasteiger partial charge is 0.261 e. The highest BCUT2D eigenvalue weighted by atomic mass is 35.5. The molecule has 1 aliphatic carbocycles. The summed E-state index contributed by atoms with van der Waals surface area (Å²) >= 11 is 13.6. The van der Waals surface area contributed by atoms with Gasteiger partial charge in [-0.25, -0.2) is 0 Å². The van der Waals surface area contributed by atoms with Gasteiger partial charge in [0.15, 0.2) is 11.4 Å². The van der Waals surface area contributed by atoms with E-state index in [4.69, 9.17) is 23.2 Å². The Balaban J connectivity index is 1.67. The van der Waals surface area contributed by atoms with E-state index in [9.17, 15) is 14.7 Å². The Morgan fingerprint density at radius 3 is 2.75 bits per heavy atom. The number of anilines is 1. The van der Waals surface area contributed by atoms with Crippen molar-refractivity contribution in [1.29, 1.82) is 0 Å². The first-order valence-electron chi connectivity index (χ1n) is 7.54. The van der Waals surface area contributed by atoms with Crippen LogP contribution in [0.15, 0.2) is 23.6 Å². The van der Waals surface area contributed by atoms with Crippen molar-refractivity contribution < 1.29 is 14.7 Å². The number of ketones is 1. The first-order valence-corrected chi connectivity index (χ1v) is 9.17. The fourth-order valence-corrected chi connectivity index (χ4v) is 4.47. The van der Waals surface area contributed by atoms with E-state index in [0.29, 0.717) is 10.8 Å². The molecule has 0 spiro atoms. The van der Waals surface area contributed by atoms with Crippen LogP contribution in [0.25, 0.3) is 0 Å². The molecule has 0 bridgehead atoms. The zero-order valence-electron chi connectivity index (χ0n) is 12.4. The van der Waals surface area contributed by atoms with Crippen molar-refractivity contribution in [2.75, 3.05) is 5.32 Å². The monoisotopic (exact) mass is 381 g/mol. The average Bonchev–Trinajstić information content (AvgIpc) is 3.20. The van der Waals surface area contributed by atoms with Gasteiger partial charge in [-0.15, -0.1) is 11.3 Å². The second kappa shape index (κ2) is 5.56. The molecule has 2 heterocycles. The number of Topliss-reactive ketones (excluding diaryl/α,β-unsaturated/α-hetero) is 1. The second-order valence-electron chi connectivity index (χ2n) is 6.21. The molecule has 1 aromatic carbocycles. The first kappa shape index (κ1) is 16.1. The van der Waals surface area contributed by atoms with Crippen LogP contribution in [0, 0.1) is 0 Å². The number of rotatable bonds is 4. The van der Waals surface area contributed by atoms with E-state index in [0.717, 1.165) is 18.4 Å². The lowest BCUT2D eigenvalue weighted by Gasteiger charge is -2.20. The molecule has 1 amide bonds. The van der Waals surface area contributed by atoms with E-state index in [-0.39, 0.29) is 33.5 Å². The standard InChI is InChI=1S/C17H13Cl2NO3S/c18-10-3-4-11(19)15-14(10)17(23,16(22)20-15)6-12(21)13-5-9(7-24-13)8-1-2-8/h3-5,7-8,23H,1-2,6H2,(H,20,22). The lowest BCUT2D eigenvalue weighted by Crippen LogP contribution is -2.36. The van der Waals surface area contributed by atoms with Gasteiger partial charge in [-0.2, -0.15) is 0 Å². The number of nitrogens with one attached hydrogen (secondary N) is 1. The topological polar surface area (TPSA) is 66.4 Å². The minimum Gasteiger partial charge on any atom is -0.375 e. The van der Waals surface area contributed by atoms with Crippen LogP contribution >= 0.6 is 34.5 Å². The van der Waals surface area contributed by atoms with Crippen LogP contribution in [0.1, 0.15) is 46.0 Å². The van der Waals surface area contributed by atoms with Crippen LogP contribution in [0.3, 0.4) is 0 Å². The van der Waals surface area contributed by atoms with Crippen LogP contribution in [0.4, 0.5) is 5.69 Å². The van der Waals surface area contributed by atoms with E-state index in [2.05, 4.69) is 5.32 Å². The number of hydrogen-bond acceptors (Lipinski definition) is 4. The van der Waals surface area contributed by atoms with Gasteiger partial charge in [-0.1, -0.05) is 23.2 Å². The number of amides is 1. The Hall–Kier alpha value is -1.40. The third kappa shape index (κ3) is 2.47. The van der Waals surface area contributed by atoms with Crippen molar-refractivity contribution in [2.24, 2.45) is 0 Å². The molecule has 1 atom stereocenters. The van der Waals surface area contributed by atoms with E-state index in [1.807, 2.05) is 11.4 Å². The Morgan fingerprint density at radius 2 is 2.04 bits per heavy atom. The third-order valence-corrected chi connectivity index (χ3v) is 6.11. The number of fused-ring (bicyclic) bond motifs is 1. The molecule has 1 fully saturated rings. The molecule has 1 saturated carbocycles. The molecule has 0 radical (unpaired) electrons. The van der Waals surface area contributed by atoms with Gasteiger partial charge in [-0.05, 0) is 47.9 Å². The van der Waals surface area contributed by atoms with Crippen LogP contribution in [0.5, 0.6) is 0 Å². The number of thiophene rings is 1. The normalized spacial score (nSPS) is 22.4. The number of hydrogen-bond donors (Lipinski definition) is 2. The van der Waals surface area contributed by atoms with Crippen molar-refractivity contribution in [3.63, 3.8) is 0 Å². The number of carbonyl (C=O) groups excluding carboxylic acids is 2. The van der Waals surface area contributed by atoms with Crippen LogP contribution in [-0.2, 0) is 10.4 Å². The van der Waals surface area contributed by atoms with Crippen LogP contribution in [0.2, 0.25) is 10.0 Å². The minimum atomic E-state index is -2.00. The maximum Gasteiger partial charge on any atom is 0.261 e. The van der Waals surface area contributed by atoms with Gasteiger partial charge in [0.05, 0.1) is 22.0 Å². The SMILES string of the molecule is O=C(CC1(O)C(=O)Nc2c(Cl)ccc(Cl)c21)c1cc(C2CC2)cs1. The molecular formula is C17H13Cl2NO3S. The van der Waals surface area contributed by atoms with Crippen molar-refractivity contribution in [3.8, 4) is 0 Å². The summed E-state index contributed by atoms with van der Waals surface area (Å²) < 4.78 is 0. The van der Waals surface area contributed by atoms with Crippen molar-refractivity contribution in [3.05, 3.63) is 49.6 Å². The van der Waals surface area contributed by atoms with E-state index >= 15 is 0 Å². The molecule has 0 saturated heterocycles. The van der Waals surface area contributed by atoms with Crippen LogP contribution in [-0.4, -0.2) is 16.8 Å². The second-order valence-corrected chi connectivity index (χ2v) is 7.94. The molecule has 7 heteroatoms. The summed E-state index contributed by atoms with van der Waals surface area (Å²) in [7, 11) is 0. The summed E-state index contributed by atoms with van der Waals surface area (Å²) in [5.74, 6) is -0.414. The summed E-state index contributed by atoms with van der Waals surface area (Å²) in [6.07, 6.45) is 1.94. The van der Waals surface area contributed by atoms with Gasteiger partial charge in [0, 0.05) is 10.6 Å². The molecule has 1 unspecified atom stereocenters. The highest BCUT2D eigenvalue weighted by Crippen LogP contribution is 2.47. The molecule has 1 aliphatic heterocycles. The molecule has 2 aromatic rings. The highest BCUT2D eigenvalue weighted by molar-refractivity contribution is 7.12. The quantitative estimate of drug-likeness (QED) is 0.773. The minimum absolute atomic E-state index is 0.175. The number of aliphatic hydroxyl groups is 1. The van der Waals surface area contributed by atoms with Gasteiger partial charge in [0.2, 0.25) is 0 Å². The van der Waals surface area contributed by atoms with Gasteiger partial charge >= 0.3 is 0 Å². The predicted molar refractivity (Wildman–Crippen MR) is 94.2 cm³/mol. The molecule has 1 aromatic heterocycles. The molecule has 124 valence electrons. The van der Waals surface area contributed by atoms with Gasteiger partial charge in [0.1, 0.15) is 0 Å². The Labute approximate surface area is 152 Å². The van der Waals surface area contributed by atoms with E-state index < -0.39 is 11.5 Å². The van der Waals surface area contributed by atoms with Gasteiger partial charge < -0.3 is 10.4 Å². The summed E-state index contributed by atoms with van der Waals surface area (Å²) in [4.78, 5) is 25.5. The van der Waals surface area contributed by atoms with Crippen molar-refractivity contribution in [2.45, 2.75) is 30.8 Å². The van der Waals surface area contributed by atoms with Gasteiger partial charge in [-0.3, -0.25) is 9.59 Å². The maximum atomic E-state index is 12.6. The molecule has 4 nitrogen and oxygen atoms in total. The van der Waals surface area contributed by atoms with E-state index in [1.54, 1.807) is 0 Å². The predicted octanol–water partition coefficient (Wildman–Crippen LogP) is 4.35. The Bertz CT molecular complexity index is 875. The lowest BCUT2D eigenvalue weighted by molar-refractivity contribution is -0.133. The first-order chi connectivity index (χ1) is 11.4.